The van der Waals surface area contributed by atoms with E-state index in [4.69, 9.17) is 4.74 Å². The molecule has 0 radical (unpaired) electrons. The zero-order valence-corrected chi connectivity index (χ0v) is 17.3. The number of ether oxygens (including phenoxy) is 1. The van der Waals surface area contributed by atoms with Crippen molar-refractivity contribution >= 4 is 12.1 Å². The van der Waals surface area contributed by atoms with Gasteiger partial charge in [0.2, 0.25) is 0 Å². The number of hydrogen-bond acceptors (Lipinski definition) is 4. The number of likely N-dealkylation sites (tertiary alicyclic amines) is 1. The maximum Gasteiger partial charge on any atom is 0.407 e. The van der Waals surface area contributed by atoms with Crippen LogP contribution in [-0.2, 0) is 4.74 Å². The number of guanidine groups is 1. The summed E-state index contributed by atoms with van der Waals surface area (Å²) in [4.78, 5) is 20.7. The van der Waals surface area contributed by atoms with Gasteiger partial charge in [-0.15, -0.1) is 0 Å². The maximum atomic E-state index is 11.9. The number of aliphatic imine (C=N–C) groups is 1. The first-order valence-corrected chi connectivity index (χ1v) is 9.02. The molecule has 1 rings (SSSR count). The first kappa shape index (κ1) is 21.5. The Morgan fingerprint density at radius 1 is 1.28 bits per heavy atom. The van der Waals surface area contributed by atoms with E-state index in [1.165, 1.54) is 0 Å². The van der Waals surface area contributed by atoms with Gasteiger partial charge in [-0.05, 0) is 46.7 Å². The monoisotopic (exact) mass is 355 g/mol. The van der Waals surface area contributed by atoms with Crippen molar-refractivity contribution in [2.24, 2.45) is 10.4 Å². The van der Waals surface area contributed by atoms with E-state index >= 15 is 0 Å². The Morgan fingerprint density at radius 2 is 1.92 bits per heavy atom. The summed E-state index contributed by atoms with van der Waals surface area (Å²) in [5.74, 6) is 0.889. The summed E-state index contributed by atoms with van der Waals surface area (Å²) in [5.41, 5.74) is -0.328. The second-order valence-corrected chi connectivity index (χ2v) is 8.88. The summed E-state index contributed by atoms with van der Waals surface area (Å²) >= 11 is 0. The molecule has 1 aliphatic heterocycles. The molecule has 0 spiro atoms. The Bertz CT molecular complexity index is 469. The fourth-order valence-corrected chi connectivity index (χ4v) is 3.11. The van der Waals surface area contributed by atoms with Gasteiger partial charge in [0.05, 0.1) is 6.04 Å². The second kappa shape index (κ2) is 8.74. The minimum atomic E-state index is -0.474. The molecule has 0 aliphatic carbocycles. The molecule has 0 saturated carbocycles. The lowest BCUT2D eigenvalue weighted by Gasteiger charge is -2.31. The number of carbonyl (C=O) groups excluding carboxylic acids is 1. The molecule has 0 bridgehead atoms. The molecule has 7 nitrogen and oxygen atoms in total. The van der Waals surface area contributed by atoms with Crippen LogP contribution in [0.2, 0.25) is 0 Å². The second-order valence-electron chi connectivity index (χ2n) is 8.88. The smallest absolute Gasteiger partial charge is 0.407 e. The summed E-state index contributed by atoms with van der Waals surface area (Å²) in [7, 11) is 5.98. The van der Waals surface area contributed by atoms with Gasteiger partial charge in [-0.2, -0.15) is 0 Å². The quantitative estimate of drug-likeness (QED) is 0.581. The fraction of sp³-hybridized carbons (Fsp3) is 0.889. The van der Waals surface area contributed by atoms with Crippen molar-refractivity contribution in [1.29, 1.82) is 0 Å². The van der Waals surface area contributed by atoms with E-state index in [1.807, 2.05) is 20.8 Å². The molecular formula is C18H37N5O2. The van der Waals surface area contributed by atoms with E-state index < -0.39 is 5.60 Å². The van der Waals surface area contributed by atoms with Gasteiger partial charge in [0.25, 0.3) is 0 Å². The average molecular weight is 356 g/mol. The number of carbonyl (C=O) groups is 1. The first-order valence-electron chi connectivity index (χ1n) is 9.02. The van der Waals surface area contributed by atoms with Crippen LogP contribution in [0.1, 0.15) is 41.0 Å². The highest BCUT2D eigenvalue weighted by Crippen LogP contribution is 2.16. The van der Waals surface area contributed by atoms with Gasteiger partial charge in [0, 0.05) is 33.2 Å². The summed E-state index contributed by atoms with van der Waals surface area (Å²) in [6.07, 6.45) is 0.538. The summed E-state index contributed by atoms with van der Waals surface area (Å²) in [5, 5.41) is 6.42. The average Bonchev–Trinajstić information content (AvgIpc) is 2.83. The number of rotatable bonds is 5. The number of alkyl carbamates (subject to hydrolysis) is 1. The number of amides is 1. The lowest BCUT2D eigenvalue weighted by atomic mass is 9.93. The van der Waals surface area contributed by atoms with Gasteiger partial charge < -0.3 is 25.2 Å². The van der Waals surface area contributed by atoms with Crippen LogP contribution in [0, 0.1) is 5.41 Å². The van der Waals surface area contributed by atoms with E-state index in [-0.39, 0.29) is 17.6 Å². The zero-order chi connectivity index (χ0) is 19.3. The van der Waals surface area contributed by atoms with Gasteiger partial charge in [-0.25, -0.2) is 4.79 Å². The van der Waals surface area contributed by atoms with E-state index in [9.17, 15) is 4.79 Å². The van der Waals surface area contributed by atoms with Crippen LogP contribution in [0.25, 0.3) is 0 Å². The van der Waals surface area contributed by atoms with Crippen molar-refractivity contribution in [3.05, 3.63) is 0 Å². The molecular weight excluding hydrogens is 318 g/mol. The van der Waals surface area contributed by atoms with Crippen LogP contribution in [-0.4, -0.2) is 80.8 Å². The normalized spacial score (nSPS) is 19.3. The number of hydrogen-bond donors (Lipinski definition) is 2. The molecule has 1 heterocycles. The molecule has 1 fully saturated rings. The van der Waals surface area contributed by atoms with Crippen LogP contribution in [0.4, 0.5) is 4.79 Å². The van der Waals surface area contributed by atoms with Gasteiger partial charge in [0.1, 0.15) is 5.60 Å². The molecule has 7 heteroatoms. The third-order valence-electron chi connectivity index (χ3n) is 3.89. The predicted octanol–water partition coefficient (Wildman–Crippen LogP) is 1.75. The van der Waals surface area contributed by atoms with E-state index in [1.54, 1.807) is 7.05 Å². The number of nitrogens with one attached hydrogen (secondary N) is 2. The van der Waals surface area contributed by atoms with Crippen LogP contribution >= 0.6 is 0 Å². The number of nitrogens with zero attached hydrogens (tertiary/aromatic N) is 3. The molecule has 1 amide bonds. The van der Waals surface area contributed by atoms with E-state index in [0.717, 1.165) is 38.6 Å². The van der Waals surface area contributed by atoms with Crippen molar-refractivity contribution in [2.75, 3.05) is 47.3 Å². The lowest BCUT2D eigenvalue weighted by Crippen LogP contribution is -2.47. The SMILES string of the molecule is CN=C(NCC(C)(C)CN(C)C)N1CCC(NC(=O)OC(C)(C)C)C1. The summed E-state index contributed by atoms with van der Waals surface area (Å²) in [6, 6.07) is 0.0863. The predicted molar refractivity (Wildman–Crippen MR) is 103 cm³/mol. The molecule has 1 unspecified atom stereocenters. The topological polar surface area (TPSA) is 69.2 Å². The van der Waals surface area contributed by atoms with Crippen LogP contribution in [0.15, 0.2) is 4.99 Å². The van der Waals surface area contributed by atoms with Crippen molar-refractivity contribution in [3.63, 3.8) is 0 Å². The molecule has 0 aromatic heterocycles. The van der Waals surface area contributed by atoms with Crippen LogP contribution in [0.3, 0.4) is 0 Å². The van der Waals surface area contributed by atoms with Crippen LogP contribution < -0.4 is 10.6 Å². The molecule has 0 aromatic rings. The van der Waals surface area contributed by atoms with Crippen molar-refractivity contribution in [1.82, 2.24) is 20.4 Å². The zero-order valence-electron chi connectivity index (χ0n) is 17.3. The fourth-order valence-electron chi connectivity index (χ4n) is 3.11. The minimum absolute atomic E-state index is 0.0863. The molecule has 1 aliphatic rings. The molecule has 2 N–H and O–H groups in total. The van der Waals surface area contributed by atoms with Gasteiger partial charge >= 0.3 is 6.09 Å². The molecule has 1 atom stereocenters. The molecule has 0 aromatic carbocycles. The minimum Gasteiger partial charge on any atom is -0.444 e. The van der Waals surface area contributed by atoms with Crippen LogP contribution in [0.5, 0.6) is 0 Å². The van der Waals surface area contributed by atoms with E-state index in [2.05, 4.69) is 53.4 Å². The van der Waals surface area contributed by atoms with Crippen molar-refractivity contribution in [2.45, 2.75) is 52.7 Å². The van der Waals surface area contributed by atoms with Crippen molar-refractivity contribution in [3.8, 4) is 0 Å². The largest absolute Gasteiger partial charge is 0.444 e. The van der Waals surface area contributed by atoms with Gasteiger partial charge in [0.15, 0.2) is 5.96 Å². The molecule has 25 heavy (non-hydrogen) atoms. The third kappa shape index (κ3) is 8.43. The Hall–Kier alpha value is -1.50. The standard InChI is InChI=1S/C18H37N5O2/c1-17(2,3)25-16(24)21-14-9-10-23(11-14)15(19-6)20-12-18(4,5)13-22(7)8/h14H,9-13H2,1-8H3,(H,19,20)(H,21,24). The highest BCUT2D eigenvalue weighted by atomic mass is 16.6. The van der Waals surface area contributed by atoms with E-state index in [0.29, 0.717) is 0 Å². The van der Waals surface area contributed by atoms with Gasteiger partial charge in [-0.3, -0.25) is 4.99 Å². The summed E-state index contributed by atoms with van der Waals surface area (Å²) in [6.45, 7) is 13.5. The third-order valence-corrected chi connectivity index (χ3v) is 3.89. The Kier molecular flexibility index (Phi) is 7.53. The lowest BCUT2D eigenvalue weighted by molar-refractivity contribution is 0.0507. The molecule has 1 saturated heterocycles. The highest BCUT2D eigenvalue weighted by Gasteiger charge is 2.28. The maximum absolute atomic E-state index is 11.9. The first-order chi connectivity index (χ1) is 11.4. The highest BCUT2D eigenvalue weighted by molar-refractivity contribution is 5.80. The van der Waals surface area contributed by atoms with Crippen molar-refractivity contribution < 1.29 is 9.53 Å². The molecule has 146 valence electrons. The Labute approximate surface area is 153 Å². The Morgan fingerprint density at radius 3 is 2.44 bits per heavy atom. The summed E-state index contributed by atoms with van der Waals surface area (Å²) < 4.78 is 5.33. The Balaban J connectivity index is 2.48. The van der Waals surface area contributed by atoms with Gasteiger partial charge in [-0.1, -0.05) is 13.8 Å².